The Balaban J connectivity index is 1.75. The van der Waals surface area contributed by atoms with Crippen molar-refractivity contribution in [3.05, 3.63) is 18.5 Å². The monoisotopic (exact) mass is 278 g/mol. The molecule has 104 valence electrons. The summed E-state index contributed by atoms with van der Waals surface area (Å²) in [6, 6.07) is 0. The fourth-order valence-corrected chi connectivity index (χ4v) is 3.71. The van der Waals surface area contributed by atoms with E-state index in [0.717, 1.165) is 30.7 Å². The first-order valence-electron chi connectivity index (χ1n) is 7.26. The lowest BCUT2D eigenvalue weighted by molar-refractivity contribution is 0.431. The Morgan fingerprint density at radius 3 is 2.74 bits per heavy atom. The maximum absolute atomic E-state index is 4.47. The highest BCUT2D eigenvalue weighted by atomic mass is 32.2. The van der Waals surface area contributed by atoms with Gasteiger partial charge in [0.1, 0.15) is 5.82 Å². The highest BCUT2D eigenvalue weighted by Gasteiger charge is 2.25. The van der Waals surface area contributed by atoms with E-state index in [4.69, 9.17) is 0 Å². The van der Waals surface area contributed by atoms with Gasteiger partial charge in [0.15, 0.2) is 5.16 Å². The maximum Gasteiger partial charge on any atom is 0.191 e. The normalized spacial score (nSPS) is 20.6. The predicted molar refractivity (Wildman–Crippen MR) is 78.5 cm³/mol. The molecule has 1 saturated carbocycles. The van der Waals surface area contributed by atoms with Gasteiger partial charge in [-0.2, -0.15) is 0 Å². The number of hydrogen-bond acceptors (Lipinski definition) is 4. The van der Waals surface area contributed by atoms with Crippen LogP contribution in [0.3, 0.4) is 0 Å². The predicted octanol–water partition coefficient (Wildman–Crippen LogP) is 2.43. The molecule has 0 spiro atoms. The maximum atomic E-state index is 4.47. The van der Waals surface area contributed by atoms with Crippen molar-refractivity contribution in [2.75, 3.05) is 18.8 Å². The molecule has 2 heterocycles. The second-order valence-electron chi connectivity index (χ2n) is 5.52. The topological polar surface area (TPSA) is 42.7 Å². The fraction of sp³-hybridized carbons (Fsp3) is 0.714. The van der Waals surface area contributed by atoms with Crippen LogP contribution in [0.5, 0.6) is 0 Å². The summed E-state index contributed by atoms with van der Waals surface area (Å²) in [7, 11) is 0. The molecule has 0 aromatic carbocycles. The van der Waals surface area contributed by atoms with E-state index >= 15 is 0 Å². The van der Waals surface area contributed by atoms with Crippen molar-refractivity contribution in [3.63, 3.8) is 0 Å². The van der Waals surface area contributed by atoms with E-state index in [1.54, 1.807) is 0 Å². The van der Waals surface area contributed by atoms with Gasteiger partial charge in [-0.1, -0.05) is 17.8 Å². The lowest BCUT2D eigenvalue weighted by Gasteiger charge is -2.22. The van der Waals surface area contributed by atoms with Crippen LogP contribution in [-0.2, 0) is 6.54 Å². The minimum Gasteiger partial charge on any atom is -0.317 e. The Morgan fingerprint density at radius 1 is 1.26 bits per heavy atom. The van der Waals surface area contributed by atoms with Gasteiger partial charge in [0.2, 0.25) is 0 Å². The third kappa shape index (κ3) is 3.20. The van der Waals surface area contributed by atoms with Crippen LogP contribution in [0.1, 0.15) is 37.4 Å². The third-order valence-electron chi connectivity index (χ3n) is 3.91. The number of allylic oxidation sites excluding steroid dienone is 1. The number of aromatic nitrogens is 3. The molecule has 19 heavy (non-hydrogen) atoms. The Morgan fingerprint density at radius 2 is 2.05 bits per heavy atom. The summed E-state index contributed by atoms with van der Waals surface area (Å²) >= 11 is 1.87. The van der Waals surface area contributed by atoms with Crippen molar-refractivity contribution in [1.29, 1.82) is 0 Å². The van der Waals surface area contributed by atoms with Crippen LogP contribution >= 0.6 is 11.8 Å². The average Bonchev–Trinajstić information content (AvgIpc) is 3.20. The lowest BCUT2D eigenvalue weighted by Crippen LogP contribution is -2.28. The van der Waals surface area contributed by atoms with Crippen LogP contribution in [0.4, 0.5) is 0 Å². The highest BCUT2D eigenvalue weighted by Crippen LogP contribution is 2.35. The van der Waals surface area contributed by atoms with E-state index in [2.05, 4.69) is 26.7 Å². The van der Waals surface area contributed by atoms with Crippen molar-refractivity contribution in [2.24, 2.45) is 5.92 Å². The van der Waals surface area contributed by atoms with Crippen LogP contribution in [0.25, 0.3) is 0 Å². The van der Waals surface area contributed by atoms with Crippen LogP contribution in [0, 0.1) is 5.92 Å². The Labute approximate surface area is 119 Å². The van der Waals surface area contributed by atoms with Crippen LogP contribution in [0.2, 0.25) is 0 Å². The molecule has 2 aliphatic rings. The van der Waals surface area contributed by atoms with Gasteiger partial charge in [0.05, 0.1) is 0 Å². The van der Waals surface area contributed by atoms with Crippen LogP contribution < -0.4 is 5.32 Å². The molecule has 1 aromatic rings. The number of nitrogens with one attached hydrogen (secondary N) is 1. The van der Waals surface area contributed by atoms with E-state index in [1.165, 1.54) is 37.3 Å². The SMILES string of the molecule is C=CCn1c(SCC2CC2)nnc1C1CCNCC1. The summed E-state index contributed by atoms with van der Waals surface area (Å²) in [5, 5.41) is 13.4. The number of piperidine rings is 1. The van der Waals surface area contributed by atoms with Crippen molar-refractivity contribution in [3.8, 4) is 0 Å². The number of hydrogen-bond donors (Lipinski definition) is 1. The third-order valence-corrected chi connectivity index (χ3v) is 5.10. The summed E-state index contributed by atoms with van der Waals surface area (Å²) in [5.41, 5.74) is 0. The quantitative estimate of drug-likeness (QED) is 0.641. The molecule has 0 bridgehead atoms. The molecule has 4 nitrogen and oxygen atoms in total. The molecule has 1 aromatic heterocycles. The van der Waals surface area contributed by atoms with Gasteiger partial charge in [0.25, 0.3) is 0 Å². The molecule has 0 radical (unpaired) electrons. The largest absolute Gasteiger partial charge is 0.317 e. The molecule has 1 saturated heterocycles. The summed E-state index contributed by atoms with van der Waals surface area (Å²) in [6.45, 7) is 6.89. The van der Waals surface area contributed by atoms with Crippen LogP contribution in [0.15, 0.2) is 17.8 Å². The van der Waals surface area contributed by atoms with Crippen molar-refractivity contribution >= 4 is 11.8 Å². The van der Waals surface area contributed by atoms with E-state index in [1.807, 2.05) is 17.8 Å². The van der Waals surface area contributed by atoms with Crippen molar-refractivity contribution in [2.45, 2.75) is 43.3 Å². The lowest BCUT2D eigenvalue weighted by atomic mass is 9.97. The molecule has 2 fully saturated rings. The second-order valence-corrected chi connectivity index (χ2v) is 6.51. The second kappa shape index (κ2) is 6.09. The zero-order chi connectivity index (χ0) is 13.1. The van der Waals surface area contributed by atoms with Gasteiger partial charge in [-0.25, -0.2) is 0 Å². The van der Waals surface area contributed by atoms with Gasteiger partial charge in [-0.05, 0) is 44.7 Å². The first-order valence-corrected chi connectivity index (χ1v) is 8.24. The van der Waals surface area contributed by atoms with E-state index in [9.17, 15) is 0 Å². The number of rotatable bonds is 6. The standard InChI is InChI=1S/C14H22N4S/c1-2-9-18-13(12-5-7-15-8-6-12)16-17-14(18)19-10-11-3-4-11/h2,11-12,15H,1,3-10H2. The van der Waals surface area contributed by atoms with Crippen molar-refractivity contribution in [1.82, 2.24) is 20.1 Å². The van der Waals surface area contributed by atoms with E-state index in [0.29, 0.717) is 5.92 Å². The van der Waals surface area contributed by atoms with Gasteiger partial charge in [-0.15, -0.1) is 16.8 Å². The zero-order valence-electron chi connectivity index (χ0n) is 11.3. The molecule has 0 atom stereocenters. The molecule has 1 N–H and O–H groups in total. The molecule has 1 aliphatic heterocycles. The molecule has 0 amide bonds. The summed E-state index contributed by atoms with van der Waals surface area (Å²) in [6.07, 6.45) is 7.08. The van der Waals surface area contributed by atoms with Gasteiger partial charge in [-0.3, -0.25) is 0 Å². The average molecular weight is 278 g/mol. The zero-order valence-corrected chi connectivity index (χ0v) is 12.2. The molecular weight excluding hydrogens is 256 g/mol. The van der Waals surface area contributed by atoms with Crippen molar-refractivity contribution < 1.29 is 0 Å². The molecule has 3 rings (SSSR count). The molecular formula is C14H22N4S. The highest BCUT2D eigenvalue weighted by molar-refractivity contribution is 7.99. The Hall–Kier alpha value is -0.810. The van der Waals surface area contributed by atoms with Gasteiger partial charge >= 0.3 is 0 Å². The Kier molecular flexibility index (Phi) is 4.23. The molecule has 0 unspecified atom stereocenters. The molecule has 5 heteroatoms. The smallest absolute Gasteiger partial charge is 0.191 e. The van der Waals surface area contributed by atoms with Gasteiger partial charge < -0.3 is 9.88 Å². The van der Waals surface area contributed by atoms with Gasteiger partial charge in [0, 0.05) is 18.2 Å². The number of thioether (sulfide) groups is 1. The van der Waals surface area contributed by atoms with E-state index < -0.39 is 0 Å². The summed E-state index contributed by atoms with van der Waals surface area (Å²) in [5.74, 6) is 3.84. The summed E-state index contributed by atoms with van der Waals surface area (Å²) < 4.78 is 2.27. The summed E-state index contributed by atoms with van der Waals surface area (Å²) in [4.78, 5) is 0. The number of nitrogens with zero attached hydrogens (tertiary/aromatic N) is 3. The molecule has 1 aliphatic carbocycles. The van der Waals surface area contributed by atoms with E-state index in [-0.39, 0.29) is 0 Å². The minimum absolute atomic E-state index is 0.559. The first kappa shape index (κ1) is 13.2. The Bertz CT molecular complexity index is 433. The van der Waals surface area contributed by atoms with Crippen LogP contribution in [-0.4, -0.2) is 33.6 Å². The minimum atomic E-state index is 0.559. The fourth-order valence-electron chi connectivity index (χ4n) is 2.57. The first-order chi connectivity index (χ1) is 9.38.